The maximum Gasteiger partial charge on any atom is 0.277 e. The summed E-state index contributed by atoms with van der Waals surface area (Å²) in [5, 5.41) is 12.3. The van der Waals surface area contributed by atoms with E-state index in [1.807, 2.05) is 18.2 Å². The number of rotatable bonds is 2. The van der Waals surface area contributed by atoms with Crippen molar-refractivity contribution in [3.63, 3.8) is 0 Å². The molecule has 1 aromatic carbocycles. The lowest BCUT2D eigenvalue weighted by Crippen LogP contribution is -2.26. The van der Waals surface area contributed by atoms with Crippen LogP contribution in [0.25, 0.3) is 0 Å². The normalized spacial score (nSPS) is 12.7. The standard InChI is InChI=1S/C15H16N4O2/c1-8-9(2)18-19-15(21)13(8)14(20)17-12-5-3-4-11-10(12)6-7-16-11/h3-5,16H,6-7H2,1-2H3,(H,17,20)(H,19,21). The van der Waals surface area contributed by atoms with Crippen LogP contribution < -0.4 is 16.2 Å². The molecule has 0 aliphatic carbocycles. The van der Waals surface area contributed by atoms with Gasteiger partial charge in [0.25, 0.3) is 11.5 Å². The average molecular weight is 284 g/mol. The molecule has 2 heterocycles. The Labute approximate surface area is 121 Å². The molecule has 3 N–H and O–H groups in total. The minimum Gasteiger partial charge on any atom is -0.384 e. The van der Waals surface area contributed by atoms with E-state index in [0.717, 1.165) is 29.9 Å². The summed E-state index contributed by atoms with van der Waals surface area (Å²) >= 11 is 0. The van der Waals surface area contributed by atoms with Gasteiger partial charge in [-0.05, 0) is 38.0 Å². The number of H-pyrrole nitrogens is 1. The third kappa shape index (κ3) is 2.29. The summed E-state index contributed by atoms with van der Waals surface area (Å²) in [7, 11) is 0. The molecule has 21 heavy (non-hydrogen) atoms. The Bertz CT molecular complexity index is 780. The number of nitrogens with zero attached hydrogens (tertiary/aromatic N) is 1. The van der Waals surface area contributed by atoms with E-state index < -0.39 is 11.5 Å². The van der Waals surface area contributed by atoms with Crippen molar-refractivity contribution < 1.29 is 4.79 Å². The predicted molar refractivity (Wildman–Crippen MR) is 80.9 cm³/mol. The summed E-state index contributed by atoms with van der Waals surface area (Å²) in [5.41, 5.74) is 3.74. The van der Waals surface area contributed by atoms with Gasteiger partial charge in [0.2, 0.25) is 0 Å². The summed E-state index contributed by atoms with van der Waals surface area (Å²) in [6.07, 6.45) is 0.858. The van der Waals surface area contributed by atoms with Crippen LogP contribution in [-0.4, -0.2) is 22.6 Å². The number of amides is 1. The van der Waals surface area contributed by atoms with Gasteiger partial charge < -0.3 is 10.6 Å². The molecule has 1 aliphatic heterocycles. The van der Waals surface area contributed by atoms with Gasteiger partial charge in [0, 0.05) is 23.5 Å². The SMILES string of the molecule is Cc1n[nH]c(=O)c(C(=O)Nc2cccc3c2CCN3)c1C. The van der Waals surface area contributed by atoms with E-state index in [1.165, 1.54) is 0 Å². The van der Waals surface area contributed by atoms with Crippen molar-refractivity contribution in [3.05, 3.63) is 50.9 Å². The van der Waals surface area contributed by atoms with Crippen LogP contribution >= 0.6 is 0 Å². The summed E-state index contributed by atoms with van der Waals surface area (Å²) in [6, 6.07) is 5.70. The Morgan fingerprint density at radius 2 is 2.14 bits per heavy atom. The number of benzene rings is 1. The molecule has 1 aromatic heterocycles. The quantitative estimate of drug-likeness (QED) is 0.782. The zero-order valence-electron chi connectivity index (χ0n) is 11.9. The number of hydrogen-bond donors (Lipinski definition) is 3. The number of nitrogens with one attached hydrogen (secondary N) is 3. The molecule has 0 fully saturated rings. The van der Waals surface area contributed by atoms with E-state index in [1.54, 1.807) is 13.8 Å². The number of hydrogen-bond acceptors (Lipinski definition) is 4. The summed E-state index contributed by atoms with van der Waals surface area (Å²) in [4.78, 5) is 24.3. The Morgan fingerprint density at radius 1 is 1.33 bits per heavy atom. The van der Waals surface area contributed by atoms with Gasteiger partial charge in [0.1, 0.15) is 5.56 Å². The van der Waals surface area contributed by atoms with E-state index in [0.29, 0.717) is 11.3 Å². The van der Waals surface area contributed by atoms with Gasteiger partial charge in [0.05, 0.1) is 5.69 Å². The van der Waals surface area contributed by atoms with Gasteiger partial charge >= 0.3 is 0 Å². The lowest BCUT2D eigenvalue weighted by atomic mass is 10.1. The molecule has 0 spiro atoms. The molecule has 6 nitrogen and oxygen atoms in total. The fourth-order valence-electron chi connectivity index (χ4n) is 2.54. The van der Waals surface area contributed by atoms with Crippen LogP contribution in [0.15, 0.2) is 23.0 Å². The number of aromatic amines is 1. The molecule has 1 amide bonds. The molecular formula is C15H16N4O2. The van der Waals surface area contributed by atoms with Crippen molar-refractivity contribution in [3.8, 4) is 0 Å². The second kappa shape index (κ2) is 5.05. The molecule has 3 rings (SSSR count). The molecular weight excluding hydrogens is 268 g/mol. The summed E-state index contributed by atoms with van der Waals surface area (Å²) < 4.78 is 0. The maximum absolute atomic E-state index is 12.4. The van der Waals surface area contributed by atoms with Crippen LogP contribution in [0.4, 0.5) is 11.4 Å². The Balaban J connectivity index is 1.97. The molecule has 0 saturated carbocycles. The third-order valence-electron chi connectivity index (χ3n) is 3.81. The van der Waals surface area contributed by atoms with E-state index in [4.69, 9.17) is 0 Å². The van der Waals surface area contributed by atoms with Gasteiger partial charge in [-0.2, -0.15) is 5.10 Å². The fourth-order valence-corrected chi connectivity index (χ4v) is 2.54. The third-order valence-corrected chi connectivity index (χ3v) is 3.81. The van der Waals surface area contributed by atoms with Crippen molar-refractivity contribution >= 4 is 17.3 Å². The highest BCUT2D eigenvalue weighted by atomic mass is 16.2. The molecule has 0 saturated heterocycles. The molecule has 0 bridgehead atoms. The monoisotopic (exact) mass is 284 g/mol. The van der Waals surface area contributed by atoms with Crippen LogP contribution in [0.5, 0.6) is 0 Å². The molecule has 108 valence electrons. The van der Waals surface area contributed by atoms with Crippen LogP contribution in [0.2, 0.25) is 0 Å². The van der Waals surface area contributed by atoms with Crippen LogP contribution in [0.3, 0.4) is 0 Å². The van der Waals surface area contributed by atoms with E-state index in [-0.39, 0.29) is 5.56 Å². The number of aromatic nitrogens is 2. The van der Waals surface area contributed by atoms with Crippen LogP contribution in [0.1, 0.15) is 27.2 Å². The van der Waals surface area contributed by atoms with E-state index in [9.17, 15) is 9.59 Å². The first-order valence-electron chi connectivity index (χ1n) is 6.81. The van der Waals surface area contributed by atoms with Gasteiger partial charge in [-0.3, -0.25) is 9.59 Å². The second-order valence-corrected chi connectivity index (χ2v) is 5.10. The zero-order valence-corrected chi connectivity index (χ0v) is 11.9. The first-order valence-corrected chi connectivity index (χ1v) is 6.81. The Hall–Kier alpha value is -2.63. The van der Waals surface area contributed by atoms with Crippen molar-refractivity contribution in [2.45, 2.75) is 20.3 Å². The molecule has 2 aromatic rings. The lowest BCUT2D eigenvalue weighted by molar-refractivity contribution is 0.102. The highest BCUT2D eigenvalue weighted by molar-refractivity contribution is 6.05. The van der Waals surface area contributed by atoms with Gasteiger partial charge in [-0.15, -0.1) is 0 Å². The van der Waals surface area contributed by atoms with Crippen molar-refractivity contribution in [1.82, 2.24) is 10.2 Å². The topological polar surface area (TPSA) is 86.9 Å². The van der Waals surface area contributed by atoms with Crippen molar-refractivity contribution in [2.75, 3.05) is 17.2 Å². The van der Waals surface area contributed by atoms with E-state index in [2.05, 4.69) is 20.8 Å². The average Bonchev–Trinajstić information content (AvgIpc) is 2.93. The van der Waals surface area contributed by atoms with Gasteiger partial charge in [-0.1, -0.05) is 6.07 Å². The van der Waals surface area contributed by atoms with Gasteiger partial charge in [-0.25, -0.2) is 5.10 Å². The van der Waals surface area contributed by atoms with E-state index >= 15 is 0 Å². The summed E-state index contributed by atoms with van der Waals surface area (Å²) in [5.74, 6) is -0.403. The number of fused-ring (bicyclic) bond motifs is 1. The fraction of sp³-hybridized carbons (Fsp3) is 0.267. The molecule has 6 heteroatoms. The van der Waals surface area contributed by atoms with Gasteiger partial charge in [0.15, 0.2) is 0 Å². The first-order chi connectivity index (χ1) is 10.1. The molecule has 0 radical (unpaired) electrons. The smallest absolute Gasteiger partial charge is 0.277 e. The van der Waals surface area contributed by atoms with Crippen LogP contribution in [0, 0.1) is 13.8 Å². The summed E-state index contributed by atoms with van der Waals surface area (Å²) in [6.45, 7) is 4.34. The number of aryl methyl sites for hydroxylation is 1. The maximum atomic E-state index is 12.4. The number of carbonyl (C=O) groups is 1. The second-order valence-electron chi connectivity index (χ2n) is 5.10. The Morgan fingerprint density at radius 3 is 2.95 bits per heavy atom. The largest absolute Gasteiger partial charge is 0.384 e. The minimum atomic E-state index is -0.471. The molecule has 0 atom stereocenters. The molecule has 1 aliphatic rings. The highest BCUT2D eigenvalue weighted by Crippen LogP contribution is 2.29. The Kier molecular flexibility index (Phi) is 3.21. The number of carbonyl (C=O) groups excluding carboxylic acids is 1. The minimum absolute atomic E-state index is 0.117. The highest BCUT2D eigenvalue weighted by Gasteiger charge is 2.19. The lowest BCUT2D eigenvalue weighted by Gasteiger charge is -2.11. The predicted octanol–water partition coefficient (Wildman–Crippen LogP) is 1.61. The zero-order chi connectivity index (χ0) is 15.0. The first kappa shape index (κ1) is 13.4. The van der Waals surface area contributed by atoms with Crippen molar-refractivity contribution in [2.24, 2.45) is 0 Å². The van der Waals surface area contributed by atoms with Crippen LogP contribution in [-0.2, 0) is 6.42 Å². The van der Waals surface area contributed by atoms with Crippen molar-refractivity contribution in [1.29, 1.82) is 0 Å². The number of anilines is 2. The molecule has 0 unspecified atom stereocenters.